The van der Waals surface area contributed by atoms with E-state index in [4.69, 9.17) is 20.2 Å². The lowest BCUT2D eigenvalue weighted by molar-refractivity contribution is -0.159. The molecular formula is C36H46N4O3. The molecule has 7 heteroatoms. The Hall–Kier alpha value is -3.78. The van der Waals surface area contributed by atoms with Gasteiger partial charge in [0.25, 0.3) is 0 Å². The molecule has 0 unspecified atom stereocenters. The Bertz CT molecular complexity index is 1270. The Morgan fingerprint density at radius 2 is 1.35 bits per heavy atom. The van der Waals surface area contributed by atoms with Crippen molar-refractivity contribution in [3.8, 4) is 0 Å². The third-order valence-electron chi connectivity index (χ3n) is 7.71. The third kappa shape index (κ3) is 7.79. The van der Waals surface area contributed by atoms with Crippen LogP contribution in [0.25, 0.3) is 0 Å². The number of carbonyl (C=O) groups excluding carboxylic acids is 1. The van der Waals surface area contributed by atoms with Crippen molar-refractivity contribution in [2.75, 3.05) is 26.3 Å². The number of aromatic nitrogens is 2. The quantitative estimate of drug-likeness (QED) is 0.132. The van der Waals surface area contributed by atoms with E-state index in [1.54, 1.807) is 4.90 Å². The number of amides is 1. The van der Waals surface area contributed by atoms with Gasteiger partial charge in [-0.1, -0.05) is 105 Å². The summed E-state index contributed by atoms with van der Waals surface area (Å²) in [6.07, 6.45) is 4.58. The van der Waals surface area contributed by atoms with E-state index in [1.807, 2.05) is 44.6 Å². The molecule has 7 nitrogen and oxygen atoms in total. The zero-order valence-electron chi connectivity index (χ0n) is 25.9. The predicted molar refractivity (Wildman–Crippen MR) is 172 cm³/mol. The van der Waals surface area contributed by atoms with Gasteiger partial charge in [-0.3, -0.25) is 4.79 Å². The smallest absolute Gasteiger partial charge is 0.240 e. The lowest BCUT2D eigenvalue weighted by atomic mass is 9.77. The van der Waals surface area contributed by atoms with Crippen molar-refractivity contribution in [3.05, 3.63) is 126 Å². The van der Waals surface area contributed by atoms with Crippen molar-refractivity contribution in [1.29, 1.82) is 0 Å². The van der Waals surface area contributed by atoms with Crippen molar-refractivity contribution in [2.24, 2.45) is 11.7 Å². The van der Waals surface area contributed by atoms with Crippen LogP contribution >= 0.6 is 0 Å². The fraction of sp³-hybridized carbons (Fsp3) is 0.389. The highest BCUT2D eigenvalue weighted by molar-refractivity contribution is 5.82. The summed E-state index contributed by atoms with van der Waals surface area (Å²) in [5, 5.41) is 0. The van der Waals surface area contributed by atoms with Crippen LogP contribution < -0.4 is 5.73 Å². The molecule has 0 saturated carbocycles. The second-order valence-corrected chi connectivity index (χ2v) is 11.2. The van der Waals surface area contributed by atoms with Crippen LogP contribution in [0.3, 0.4) is 0 Å². The maximum Gasteiger partial charge on any atom is 0.240 e. The fourth-order valence-electron chi connectivity index (χ4n) is 5.60. The van der Waals surface area contributed by atoms with Crippen LogP contribution in [-0.4, -0.2) is 59.0 Å². The van der Waals surface area contributed by atoms with Crippen molar-refractivity contribution in [3.63, 3.8) is 0 Å². The molecule has 1 aromatic heterocycles. The summed E-state index contributed by atoms with van der Waals surface area (Å²) in [7, 11) is 0. The number of ether oxygens (including phenoxy) is 2. The second-order valence-electron chi connectivity index (χ2n) is 11.2. The van der Waals surface area contributed by atoms with Crippen molar-refractivity contribution in [2.45, 2.75) is 58.4 Å². The molecule has 0 aliphatic heterocycles. The molecule has 4 rings (SSSR count). The second kappa shape index (κ2) is 15.6. The summed E-state index contributed by atoms with van der Waals surface area (Å²) in [5.74, 6) is 0.321. The number of benzene rings is 3. The molecule has 0 fully saturated rings. The molecule has 0 bridgehead atoms. The summed E-state index contributed by atoms with van der Waals surface area (Å²) in [6, 6.07) is 30.6. The molecule has 0 radical (unpaired) electrons. The summed E-state index contributed by atoms with van der Waals surface area (Å²) in [6.45, 7) is 10.1. The van der Waals surface area contributed by atoms with E-state index in [0.29, 0.717) is 38.6 Å². The molecule has 2 N–H and O–H groups in total. The monoisotopic (exact) mass is 582 g/mol. The topological polar surface area (TPSA) is 82.6 Å². The Labute approximate surface area is 256 Å². The van der Waals surface area contributed by atoms with Crippen LogP contribution in [0.1, 0.15) is 56.5 Å². The van der Waals surface area contributed by atoms with Crippen molar-refractivity contribution >= 4 is 5.91 Å². The van der Waals surface area contributed by atoms with Gasteiger partial charge < -0.3 is 24.7 Å². The Morgan fingerprint density at radius 3 is 1.79 bits per heavy atom. The average Bonchev–Trinajstić information content (AvgIpc) is 3.49. The maximum absolute atomic E-state index is 13.7. The van der Waals surface area contributed by atoms with Crippen LogP contribution in [0.5, 0.6) is 0 Å². The van der Waals surface area contributed by atoms with Gasteiger partial charge in [0.2, 0.25) is 5.91 Å². The highest BCUT2D eigenvalue weighted by Gasteiger charge is 2.38. The molecule has 0 spiro atoms. The van der Waals surface area contributed by atoms with Crippen molar-refractivity contribution in [1.82, 2.24) is 14.5 Å². The zero-order valence-corrected chi connectivity index (χ0v) is 25.9. The summed E-state index contributed by atoms with van der Waals surface area (Å²) < 4.78 is 13.7. The Morgan fingerprint density at radius 1 is 0.860 bits per heavy atom. The van der Waals surface area contributed by atoms with Crippen molar-refractivity contribution < 1.29 is 14.3 Å². The Kier molecular flexibility index (Phi) is 11.7. The lowest BCUT2D eigenvalue weighted by Gasteiger charge is -2.37. The lowest BCUT2D eigenvalue weighted by Crippen LogP contribution is -2.49. The van der Waals surface area contributed by atoms with Gasteiger partial charge in [0.05, 0.1) is 24.6 Å². The van der Waals surface area contributed by atoms with Gasteiger partial charge in [0.1, 0.15) is 5.54 Å². The molecule has 0 aliphatic rings. The van der Waals surface area contributed by atoms with Gasteiger partial charge in [0, 0.05) is 32.4 Å². The molecule has 43 heavy (non-hydrogen) atoms. The van der Waals surface area contributed by atoms with E-state index in [1.165, 1.54) is 0 Å². The first-order chi connectivity index (χ1) is 20.9. The van der Waals surface area contributed by atoms with Crippen LogP contribution in [0, 0.1) is 5.92 Å². The minimum atomic E-state index is -0.751. The summed E-state index contributed by atoms with van der Waals surface area (Å²) in [5.41, 5.74) is 10.0. The molecular weight excluding hydrogens is 536 g/mol. The molecule has 1 amide bonds. The number of hydrogen-bond donors (Lipinski definition) is 1. The zero-order chi connectivity index (χ0) is 30.7. The number of hydrogen-bond acceptors (Lipinski definition) is 5. The molecule has 1 atom stereocenters. The van der Waals surface area contributed by atoms with Gasteiger partial charge in [-0.05, 0) is 42.9 Å². The molecule has 0 aliphatic carbocycles. The van der Waals surface area contributed by atoms with Crippen LogP contribution in [0.4, 0.5) is 0 Å². The fourth-order valence-corrected chi connectivity index (χ4v) is 5.60. The van der Waals surface area contributed by atoms with E-state index in [-0.39, 0.29) is 5.91 Å². The first kappa shape index (κ1) is 32.1. The first-order valence-electron chi connectivity index (χ1n) is 15.4. The van der Waals surface area contributed by atoms with E-state index in [2.05, 4.69) is 91.2 Å². The van der Waals surface area contributed by atoms with E-state index < -0.39 is 17.9 Å². The number of imidazole rings is 1. The average molecular weight is 583 g/mol. The molecule has 0 saturated heterocycles. The third-order valence-corrected chi connectivity index (χ3v) is 7.71. The van der Waals surface area contributed by atoms with Gasteiger partial charge >= 0.3 is 0 Å². The van der Waals surface area contributed by atoms with Gasteiger partial charge in [-0.15, -0.1) is 0 Å². The van der Waals surface area contributed by atoms with E-state index in [0.717, 1.165) is 28.8 Å². The van der Waals surface area contributed by atoms with E-state index >= 15 is 0 Å². The highest BCUT2D eigenvalue weighted by Crippen LogP contribution is 2.40. The minimum Gasteiger partial charge on any atom is -0.351 e. The number of nitrogens with two attached hydrogens (primary N) is 1. The summed E-state index contributed by atoms with van der Waals surface area (Å²) in [4.78, 5) is 20.3. The predicted octanol–water partition coefficient (Wildman–Crippen LogP) is 5.87. The maximum atomic E-state index is 13.7. The largest absolute Gasteiger partial charge is 0.351 e. The van der Waals surface area contributed by atoms with E-state index in [9.17, 15) is 4.79 Å². The normalized spacial score (nSPS) is 12.5. The number of rotatable bonds is 16. The Balaban J connectivity index is 1.67. The molecule has 4 aromatic rings. The number of nitrogens with zero attached hydrogens (tertiary/aromatic N) is 3. The summed E-state index contributed by atoms with van der Waals surface area (Å²) >= 11 is 0. The standard InChI is InChI=1S/C36H46N4O3/c1-5-42-34(43-6-2)26-39(23-22-28(3)4)35(41)33(37)24-32-25-40(27-38-32)36(29-16-10-7-11-17-29,30-18-12-8-13-19-30)31-20-14-9-15-21-31/h7-21,25,27-28,33-34H,5-6,22-24,26,37H2,1-4H3/t33-/m0/s1. The SMILES string of the molecule is CCOC(CN(CCC(C)C)C(=O)[C@@H](N)Cc1cn(C(c2ccccc2)(c2ccccc2)c2ccccc2)cn1)OCC. The van der Waals surface area contributed by atoms with Gasteiger partial charge in [-0.25, -0.2) is 4.98 Å². The molecule has 3 aromatic carbocycles. The first-order valence-corrected chi connectivity index (χ1v) is 15.4. The van der Waals surface area contributed by atoms with Crippen LogP contribution in [-0.2, 0) is 26.2 Å². The molecule has 228 valence electrons. The minimum absolute atomic E-state index is 0.125. The highest BCUT2D eigenvalue weighted by atomic mass is 16.7. The van der Waals surface area contributed by atoms with Crippen LogP contribution in [0.15, 0.2) is 104 Å². The molecule has 1 heterocycles. The van der Waals surface area contributed by atoms with Crippen LogP contribution in [0.2, 0.25) is 0 Å². The number of carbonyl (C=O) groups is 1. The van der Waals surface area contributed by atoms with Gasteiger partial charge in [0.15, 0.2) is 6.29 Å². The van der Waals surface area contributed by atoms with Gasteiger partial charge in [-0.2, -0.15) is 0 Å².